The molecule has 88 valence electrons. The van der Waals surface area contributed by atoms with Crippen LogP contribution in [0, 0.1) is 0 Å². The molecule has 0 radical (unpaired) electrons. The highest BCUT2D eigenvalue weighted by Crippen LogP contribution is 2.11. The molecule has 0 amide bonds. The second-order valence-electron chi connectivity index (χ2n) is 3.27. The molecule has 1 aromatic carbocycles. The Hall–Kier alpha value is -1.55. The zero-order chi connectivity index (χ0) is 11.8. The largest absolute Gasteiger partial charge is 0.482 e. The number of hydrogen-bond acceptors (Lipinski definition) is 4. The molecule has 16 heavy (non-hydrogen) atoms. The Labute approximate surface area is 95.6 Å². The normalized spacial score (nSPS) is 9.88. The molecule has 0 aliphatic rings. The Morgan fingerprint density at radius 1 is 1.31 bits per heavy atom. The number of carbonyl (C=O) groups excluding carboxylic acids is 1. The summed E-state index contributed by atoms with van der Waals surface area (Å²) in [7, 11) is 1.89. The van der Waals surface area contributed by atoms with Gasteiger partial charge in [0.2, 0.25) is 0 Å². The molecular formula is C12H17NO3. The van der Waals surface area contributed by atoms with E-state index in [2.05, 4.69) is 5.32 Å². The lowest BCUT2D eigenvalue weighted by atomic mass is 10.2. The Balaban J connectivity index is 2.40. The molecule has 0 saturated carbocycles. The van der Waals surface area contributed by atoms with Crippen LogP contribution in [-0.4, -0.2) is 26.2 Å². The highest BCUT2D eigenvalue weighted by atomic mass is 16.6. The van der Waals surface area contributed by atoms with Crippen molar-refractivity contribution >= 4 is 5.97 Å². The SMILES string of the molecule is CCOC(=O)COc1ccc(CNC)cc1. The maximum Gasteiger partial charge on any atom is 0.344 e. The summed E-state index contributed by atoms with van der Waals surface area (Å²) in [5, 5.41) is 3.06. The second kappa shape index (κ2) is 6.85. The van der Waals surface area contributed by atoms with E-state index in [0.29, 0.717) is 12.4 Å². The molecule has 0 heterocycles. The van der Waals surface area contributed by atoms with Crippen molar-refractivity contribution in [2.45, 2.75) is 13.5 Å². The number of carbonyl (C=O) groups is 1. The van der Waals surface area contributed by atoms with Gasteiger partial charge in [0.05, 0.1) is 6.61 Å². The maximum atomic E-state index is 11.0. The van der Waals surface area contributed by atoms with Crippen LogP contribution in [0.2, 0.25) is 0 Å². The molecule has 0 aliphatic heterocycles. The van der Waals surface area contributed by atoms with Gasteiger partial charge >= 0.3 is 5.97 Å². The van der Waals surface area contributed by atoms with Gasteiger partial charge in [0.1, 0.15) is 5.75 Å². The van der Waals surface area contributed by atoms with Crippen molar-refractivity contribution in [2.75, 3.05) is 20.3 Å². The molecule has 0 unspecified atom stereocenters. The van der Waals surface area contributed by atoms with E-state index < -0.39 is 0 Å². The van der Waals surface area contributed by atoms with Crippen molar-refractivity contribution in [1.82, 2.24) is 5.32 Å². The predicted molar refractivity (Wildman–Crippen MR) is 61.3 cm³/mol. The van der Waals surface area contributed by atoms with Gasteiger partial charge in [-0.05, 0) is 31.7 Å². The van der Waals surface area contributed by atoms with Gasteiger partial charge in [-0.2, -0.15) is 0 Å². The predicted octanol–water partition coefficient (Wildman–Crippen LogP) is 1.35. The van der Waals surface area contributed by atoms with E-state index in [-0.39, 0.29) is 12.6 Å². The minimum absolute atomic E-state index is 0.0424. The molecule has 0 saturated heterocycles. The summed E-state index contributed by atoms with van der Waals surface area (Å²) in [6.45, 7) is 2.92. The van der Waals surface area contributed by atoms with Gasteiger partial charge in [0.15, 0.2) is 6.61 Å². The van der Waals surface area contributed by atoms with Gasteiger partial charge in [-0.1, -0.05) is 12.1 Å². The molecule has 4 heteroatoms. The van der Waals surface area contributed by atoms with Crippen LogP contribution in [0.1, 0.15) is 12.5 Å². The Morgan fingerprint density at radius 2 is 2.00 bits per heavy atom. The molecule has 1 aromatic rings. The lowest BCUT2D eigenvalue weighted by molar-refractivity contribution is -0.145. The highest BCUT2D eigenvalue weighted by molar-refractivity contribution is 5.71. The van der Waals surface area contributed by atoms with Crippen molar-refractivity contribution in [1.29, 1.82) is 0 Å². The van der Waals surface area contributed by atoms with E-state index in [9.17, 15) is 4.79 Å². The van der Waals surface area contributed by atoms with Crippen molar-refractivity contribution < 1.29 is 14.3 Å². The average Bonchev–Trinajstić information content (AvgIpc) is 2.29. The van der Waals surface area contributed by atoms with Gasteiger partial charge in [0.25, 0.3) is 0 Å². The van der Waals surface area contributed by atoms with E-state index in [4.69, 9.17) is 9.47 Å². The van der Waals surface area contributed by atoms with Crippen LogP contribution in [0.25, 0.3) is 0 Å². The zero-order valence-electron chi connectivity index (χ0n) is 9.66. The fourth-order valence-corrected chi connectivity index (χ4v) is 1.25. The molecule has 1 rings (SSSR count). The fraction of sp³-hybridized carbons (Fsp3) is 0.417. The summed E-state index contributed by atoms with van der Waals surface area (Å²) in [5.74, 6) is 0.328. The Morgan fingerprint density at radius 3 is 2.56 bits per heavy atom. The molecule has 0 aliphatic carbocycles. The molecule has 1 N–H and O–H groups in total. The summed E-state index contributed by atoms with van der Waals surface area (Å²) in [6.07, 6.45) is 0. The van der Waals surface area contributed by atoms with Crippen LogP contribution in [0.15, 0.2) is 24.3 Å². The van der Waals surface area contributed by atoms with Crippen LogP contribution >= 0.6 is 0 Å². The minimum atomic E-state index is -0.346. The van der Waals surface area contributed by atoms with Gasteiger partial charge in [-0.15, -0.1) is 0 Å². The van der Waals surface area contributed by atoms with E-state index >= 15 is 0 Å². The van der Waals surface area contributed by atoms with Gasteiger partial charge in [-0.25, -0.2) is 4.79 Å². The first-order valence-corrected chi connectivity index (χ1v) is 5.28. The summed E-state index contributed by atoms with van der Waals surface area (Å²) >= 11 is 0. The van der Waals surface area contributed by atoms with Gasteiger partial charge in [-0.3, -0.25) is 0 Å². The van der Waals surface area contributed by atoms with Crippen molar-refractivity contribution in [3.05, 3.63) is 29.8 Å². The van der Waals surface area contributed by atoms with E-state index in [1.807, 2.05) is 31.3 Å². The Bertz CT molecular complexity index is 322. The molecule has 4 nitrogen and oxygen atoms in total. The molecule has 0 bridgehead atoms. The van der Waals surface area contributed by atoms with Gasteiger partial charge < -0.3 is 14.8 Å². The van der Waals surface area contributed by atoms with Gasteiger partial charge in [0, 0.05) is 6.54 Å². The topological polar surface area (TPSA) is 47.6 Å². The third kappa shape index (κ3) is 4.31. The number of ether oxygens (including phenoxy) is 2. The maximum absolute atomic E-state index is 11.0. The van der Waals surface area contributed by atoms with Crippen molar-refractivity contribution in [3.8, 4) is 5.75 Å². The third-order valence-corrected chi connectivity index (χ3v) is 1.97. The van der Waals surface area contributed by atoms with E-state index in [0.717, 1.165) is 6.54 Å². The number of nitrogens with one attached hydrogen (secondary N) is 1. The fourth-order valence-electron chi connectivity index (χ4n) is 1.25. The number of esters is 1. The van der Waals surface area contributed by atoms with Crippen molar-refractivity contribution in [2.24, 2.45) is 0 Å². The molecule has 0 aromatic heterocycles. The standard InChI is InChI=1S/C12H17NO3/c1-3-15-12(14)9-16-11-6-4-10(5-7-11)8-13-2/h4-7,13H,3,8-9H2,1-2H3. The van der Waals surface area contributed by atoms with Crippen LogP contribution in [-0.2, 0) is 16.1 Å². The lowest BCUT2D eigenvalue weighted by Crippen LogP contribution is -2.14. The Kier molecular flexibility index (Phi) is 5.36. The van der Waals surface area contributed by atoms with Crippen molar-refractivity contribution in [3.63, 3.8) is 0 Å². The summed E-state index contributed by atoms with van der Waals surface area (Å²) in [4.78, 5) is 11.0. The average molecular weight is 223 g/mol. The molecule has 0 fully saturated rings. The molecule has 0 atom stereocenters. The first-order chi connectivity index (χ1) is 7.76. The number of rotatable bonds is 6. The second-order valence-corrected chi connectivity index (χ2v) is 3.27. The highest BCUT2D eigenvalue weighted by Gasteiger charge is 2.02. The number of benzene rings is 1. The first-order valence-electron chi connectivity index (χ1n) is 5.28. The quantitative estimate of drug-likeness (QED) is 0.739. The smallest absolute Gasteiger partial charge is 0.344 e. The summed E-state index contributed by atoms with van der Waals surface area (Å²) in [6, 6.07) is 7.59. The molecule has 0 spiro atoms. The monoisotopic (exact) mass is 223 g/mol. The summed E-state index contributed by atoms with van der Waals surface area (Å²) < 4.78 is 10.0. The zero-order valence-corrected chi connectivity index (χ0v) is 9.66. The lowest BCUT2D eigenvalue weighted by Gasteiger charge is -2.06. The van der Waals surface area contributed by atoms with E-state index in [1.54, 1.807) is 6.92 Å². The summed E-state index contributed by atoms with van der Waals surface area (Å²) in [5.41, 5.74) is 1.17. The van der Waals surface area contributed by atoms with Crippen LogP contribution in [0.4, 0.5) is 0 Å². The van der Waals surface area contributed by atoms with Crippen LogP contribution in [0.5, 0.6) is 5.75 Å². The molecular weight excluding hydrogens is 206 g/mol. The number of hydrogen-bond donors (Lipinski definition) is 1. The first kappa shape index (κ1) is 12.5. The third-order valence-electron chi connectivity index (χ3n) is 1.97. The minimum Gasteiger partial charge on any atom is -0.482 e. The van der Waals surface area contributed by atoms with Crippen LogP contribution < -0.4 is 10.1 Å². The van der Waals surface area contributed by atoms with E-state index in [1.165, 1.54) is 5.56 Å². The van der Waals surface area contributed by atoms with Crippen LogP contribution in [0.3, 0.4) is 0 Å².